The molecule has 20 heavy (non-hydrogen) atoms. The van der Waals surface area contributed by atoms with Crippen molar-refractivity contribution in [1.29, 1.82) is 0 Å². The van der Waals surface area contributed by atoms with Crippen LogP contribution in [0.25, 0.3) is 11.3 Å². The van der Waals surface area contributed by atoms with Gasteiger partial charge in [0, 0.05) is 10.6 Å². The molecule has 0 aliphatic carbocycles. The number of nitrogen functional groups attached to an aromatic ring is 1. The molecule has 1 heterocycles. The van der Waals surface area contributed by atoms with Crippen LogP contribution in [0, 0.1) is 5.82 Å². The first kappa shape index (κ1) is 14.1. The van der Waals surface area contributed by atoms with Gasteiger partial charge in [-0.25, -0.2) is 14.2 Å². The topological polar surface area (TPSA) is 85.4 Å². The molecular weight excluding hydrogens is 287 g/mol. The quantitative estimate of drug-likeness (QED) is 0.909. The van der Waals surface area contributed by atoms with E-state index >= 15 is 0 Å². The first-order valence-electron chi connectivity index (χ1n) is 5.48. The molecule has 0 saturated carbocycles. The Balaban J connectivity index is 2.71. The second kappa shape index (κ2) is 5.34. The van der Waals surface area contributed by atoms with Gasteiger partial charge in [0.05, 0.1) is 7.11 Å². The summed E-state index contributed by atoms with van der Waals surface area (Å²) in [4.78, 5) is 14.9. The lowest BCUT2D eigenvalue weighted by Gasteiger charge is -2.12. The third kappa shape index (κ3) is 2.37. The van der Waals surface area contributed by atoms with Gasteiger partial charge in [-0.15, -0.1) is 0 Å². The molecule has 1 aromatic carbocycles. The second-order valence-corrected chi connectivity index (χ2v) is 4.32. The number of hydrogen-bond donors (Lipinski definition) is 2. The fourth-order valence-corrected chi connectivity index (χ4v) is 1.84. The lowest BCUT2D eigenvalue weighted by Crippen LogP contribution is -2.10. The molecule has 0 aliphatic rings. The van der Waals surface area contributed by atoms with E-state index in [0.717, 1.165) is 0 Å². The highest BCUT2D eigenvalue weighted by molar-refractivity contribution is 6.30. The number of hydrogen-bond acceptors (Lipinski definition) is 4. The van der Waals surface area contributed by atoms with Gasteiger partial charge in [0.15, 0.2) is 17.3 Å². The van der Waals surface area contributed by atoms with Gasteiger partial charge >= 0.3 is 5.97 Å². The number of nitrogens with zero attached hydrogens (tertiary/aromatic N) is 1. The number of pyridine rings is 1. The maximum Gasteiger partial charge on any atom is 0.358 e. The Bertz CT molecular complexity index is 674. The predicted octanol–water partition coefficient (Wildman–Crippen LogP) is 2.83. The van der Waals surface area contributed by atoms with E-state index in [9.17, 15) is 9.18 Å². The van der Waals surface area contributed by atoms with Crippen LogP contribution in [0.4, 0.5) is 10.1 Å². The minimum atomic E-state index is -1.36. The van der Waals surface area contributed by atoms with E-state index < -0.39 is 23.2 Å². The van der Waals surface area contributed by atoms with E-state index in [1.165, 1.54) is 19.2 Å². The summed E-state index contributed by atoms with van der Waals surface area (Å²) >= 11 is 5.75. The van der Waals surface area contributed by atoms with Crippen LogP contribution in [-0.4, -0.2) is 23.2 Å². The van der Waals surface area contributed by atoms with E-state index in [4.69, 9.17) is 27.2 Å². The molecule has 7 heteroatoms. The standard InChI is InChI=1S/C13H10ClFN2O3/c1-20-12-9(16)8(15)10(17-11(12)13(18)19)6-2-4-7(14)5-3-6/h2-5H,1H3,(H2,16,17)(H,18,19). The van der Waals surface area contributed by atoms with Crippen molar-refractivity contribution in [3.63, 3.8) is 0 Å². The average molecular weight is 297 g/mol. The summed E-state index contributed by atoms with van der Waals surface area (Å²) in [7, 11) is 1.20. The Morgan fingerprint density at radius 1 is 1.40 bits per heavy atom. The van der Waals surface area contributed by atoms with Gasteiger partial charge in [0.2, 0.25) is 0 Å². The van der Waals surface area contributed by atoms with Crippen LogP contribution >= 0.6 is 11.6 Å². The van der Waals surface area contributed by atoms with Gasteiger partial charge in [0.1, 0.15) is 11.4 Å². The van der Waals surface area contributed by atoms with Crippen molar-refractivity contribution in [2.75, 3.05) is 12.8 Å². The van der Waals surface area contributed by atoms with Crippen LogP contribution in [0.15, 0.2) is 24.3 Å². The molecule has 1 aromatic heterocycles. The summed E-state index contributed by atoms with van der Waals surface area (Å²) in [5.41, 5.74) is 4.92. The zero-order valence-electron chi connectivity index (χ0n) is 10.4. The monoisotopic (exact) mass is 296 g/mol. The summed E-state index contributed by atoms with van der Waals surface area (Å²) < 4.78 is 19.0. The van der Waals surface area contributed by atoms with E-state index in [1.807, 2.05) is 0 Å². The molecule has 2 rings (SSSR count). The molecule has 0 amide bonds. The number of carboxylic acid groups (broad SMARTS) is 1. The smallest absolute Gasteiger partial charge is 0.358 e. The van der Waals surface area contributed by atoms with E-state index in [-0.39, 0.29) is 11.4 Å². The van der Waals surface area contributed by atoms with Gasteiger partial charge in [-0.05, 0) is 12.1 Å². The summed E-state index contributed by atoms with van der Waals surface area (Å²) in [6.45, 7) is 0. The molecule has 0 bridgehead atoms. The molecule has 5 nitrogen and oxygen atoms in total. The van der Waals surface area contributed by atoms with E-state index in [2.05, 4.69) is 4.98 Å². The fraction of sp³-hybridized carbons (Fsp3) is 0.0769. The molecule has 2 aromatic rings. The van der Waals surface area contributed by atoms with E-state index in [1.54, 1.807) is 12.1 Å². The maximum absolute atomic E-state index is 14.2. The molecule has 0 spiro atoms. The number of rotatable bonds is 3. The largest absolute Gasteiger partial charge is 0.492 e. The molecule has 104 valence electrons. The third-order valence-corrected chi connectivity index (χ3v) is 2.90. The highest BCUT2D eigenvalue weighted by atomic mass is 35.5. The van der Waals surface area contributed by atoms with Crippen molar-refractivity contribution in [1.82, 2.24) is 4.98 Å². The van der Waals surface area contributed by atoms with Crippen LogP contribution in [0.3, 0.4) is 0 Å². The molecule has 0 saturated heterocycles. The summed E-state index contributed by atoms with van der Waals surface area (Å²) in [5, 5.41) is 9.55. The van der Waals surface area contributed by atoms with Crippen molar-refractivity contribution < 1.29 is 19.0 Å². The maximum atomic E-state index is 14.2. The number of carboxylic acids is 1. The Morgan fingerprint density at radius 3 is 2.50 bits per heavy atom. The number of halogens is 2. The fourth-order valence-electron chi connectivity index (χ4n) is 1.72. The Labute approximate surface area is 118 Å². The molecule has 0 unspecified atom stereocenters. The highest BCUT2D eigenvalue weighted by Gasteiger charge is 2.23. The van der Waals surface area contributed by atoms with Crippen molar-refractivity contribution in [2.45, 2.75) is 0 Å². The molecule has 0 aliphatic heterocycles. The number of carbonyl (C=O) groups is 1. The lowest BCUT2D eigenvalue weighted by atomic mass is 10.1. The average Bonchev–Trinajstić information content (AvgIpc) is 2.42. The van der Waals surface area contributed by atoms with Crippen LogP contribution < -0.4 is 10.5 Å². The van der Waals surface area contributed by atoms with Gasteiger partial charge in [0.25, 0.3) is 0 Å². The summed E-state index contributed by atoms with van der Waals surface area (Å²) in [6.07, 6.45) is 0. The normalized spacial score (nSPS) is 10.3. The SMILES string of the molecule is COc1c(C(=O)O)nc(-c2ccc(Cl)cc2)c(F)c1N. The van der Waals surface area contributed by atoms with Crippen molar-refractivity contribution >= 4 is 23.3 Å². The molecule has 0 radical (unpaired) electrons. The number of nitrogens with two attached hydrogens (primary N) is 1. The van der Waals surface area contributed by atoms with Crippen LogP contribution in [0.2, 0.25) is 5.02 Å². The number of aromatic carboxylic acids is 1. The van der Waals surface area contributed by atoms with E-state index in [0.29, 0.717) is 10.6 Å². The predicted molar refractivity (Wildman–Crippen MR) is 72.6 cm³/mol. The van der Waals surface area contributed by atoms with Crippen LogP contribution in [0.5, 0.6) is 5.75 Å². The highest BCUT2D eigenvalue weighted by Crippen LogP contribution is 2.34. The second-order valence-electron chi connectivity index (χ2n) is 3.88. The molecule has 3 N–H and O–H groups in total. The number of benzene rings is 1. The van der Waals surface area contributed by atoms with Gasteiger partial charge in [-0.1, -0.05) is 23.7 Å². The number of anilines is 1. The number of aromatic nitrogens is 1. The Morgan fingerprint density at radius 2 is 2.00 bits per heavy atom. The lowest BCUT2D eigenvalue weighted by molar-refractivity contribution is 0.0686. The van der Waals surface area contributed by atoms with Crippen molar-refractivity contribution in [2.24, 2.45) is 0 Å². The van der Waals surface area contributed by atoms with Gasteiger partial charge < -0.3 is 15.6 Å². The minimum absolute atomic E-state index is 0.169. The third-order valence-electron chi connectivity index (χ3n) is 2.65. The van der Waals surface area contributed by atoms with Gasteiger partial charge in [-0.2, -0.15) is 0 Å². The molecular formula is C13H10ClFN2O3. The molecule has 0 atom stereocenters. The van der Waals surface area contributed by atoms with Crippen molar-refractivity contribution in [3.05, 3.63) is 40.8 Å². The van der Waals surface area contributed by atoms with Crippen LogP contribution in [0.1, 0.15) is 10.5 Å². The molecule has 0 fully saturated rings. The summed E-state index contributed by atoms with van der Waals surface area (Å²) in [5.74, 6) is -2.49. The van der Waals surface area contributed by atoms with Crippen molar-refractivity contribution in [3.8, 4) is 17.0 Å². The minimum Gasteiger partial charge on any atom is -0.492 e. The van der Waals surface area contributed by atoms with Crippen LogP contribution in [-0.2, 0) is 0 Å². The number of ether oxygens (including phenoxy) is 1. The Kier molecular flexibility index (Phi) is 3.76. The zero-order valence-corrected chi connectivity index (χ0v) is 11.1. The summed E-state index contributed by atoms with van der Waals surface area (Å²) in [6, 6.07) is 6.12. The first-order chi connectivity index (χ1) is 9.45. The first-order valence-corrected chi connectivity index (χ1v) is 5.85. The van der Waals surface area contributed by atoms with Gasteiger partial charge in [-0.3, -0.25) is 0 Å². The Hall–Kier alpha value is -2.34. The number of methoxy groups -OCH3 is 1. The zero-order chi connectivity index (χ0) is 14.9.